The number of aromatic nitrogens is 1. The van der Waals surface area contributed by atoms with Gasteiger partial charge in [-0.2, -0.15) is 0 Å². The SMILES string of the molecule is O=C1CN(c2ccc(NC(=O)C3CCCN(C(=O)c4ccco4)C3)cn2)CCN1. The fraction of sp³-hybridized carbons (Fsp3) is 0.400. The number of carbonyl (C=O) groups is 3. The maximum absolute atomic E-state index is 12.7. The Hall–Kier alpha value is -3.36. The first-order valence-electron chi connectivity index (χ1n) is 9.71. The summed E-state index contributed by atoms with van der Waals surface area (Å²) in [4.78, 5) is 44.6. The zero-order valence-electron chi connectivity index (χ0n) is 16.0. The van der Waals surface area contributed by atoms with E-state index >= 15 is 0 Å². The van der Waals surface area contributed by atoms with Crippen LogP contribution in [0.15, 0.2) is 41.1 Å². The molecule has 2 aliphatic heterocycles. The standard InChI is InChI=1S/C20H23N5O4/c26-18-13-24(9-7-21-18)17-6-5-15(11-22-17)23-19(27)14-3-1-8-25(12-14)20(28)16-4-2-10-29-16/h2,4-6,10-11,14H,1,3,7-9,12-13H2,(H,21,26)(H,23,27). The van der Waals surface area contributed by atoms with Crippen LogP contribution in [0.25, 0.3) is 0 Å². The summed E-state index contributed by atoms with van der Waals surface area (Å²) in [5, 5.41) is 5.66. The third-order valence-corrected chi connectivity index (χ3v) is 5.19. The van der Waals surface area contributed by atoms with Crippen LogP contribution in [0.3, 0.4) is 0 Å². The second kappa shape index (κ2) is 8.34. The molecule has 0 aliphatic carbocycles. The minimum absolute atomic E-state index is 0.0265. The summed E-state index contributed by atoms with van der Waals surface area (Å²) in [5.41, 5.74) is 0.592. The van der Waals surface area contributed by atoms with Gasteiger partial charge in [-0.05, 0) is 37.1 Å². The molecule has 0 bridgehead atoms. The first-order valence-corrected chi connectivity index (χ1v) is 9.71. The summed E-state index contributed by atoms with van der Waals surface area (Å²) in [6.45, 7) is 2.54. The van der Waals surface area contributed by atoms with Crippen molar-refractivity contribution in [2.75, 3.05) is 42.9 Å². The van der Waals surface area contributed by atoms with Crippen LogP contribution in [0, 0.1) is 5.92 Å². The highest BCUT2D eigenvalue weighted by Crippen LogP contribution is 2.21. The number of anilines is 2. The monoisotopic (exact) mass is 397 g/mol. The molecule has 0 saturated carbocycles. The minimum atomic E-state index is -0.284. The molecule has 4 rings (SSSR count). The van der Waals surface area contributed by atoms with E-state index in [1.165, 1.54) is 6.26 Å². The Labute approximate surface area is 168 Å². The number of piperidine rings is 1. The van der Waals surface area contributed by atoms with Gasteiger partial charge in [-0.25, -0.2) is 4.98 Å². The van der Waals surface area contributed by atoms with Gasteiger partial charge >= 0.3 is 0 Å². The lowest BCUT2D eigenvalue weighted by Crippen LogP contribution is -2.48. The molecule has 29 heavy (non-hydrogen) atoms. The molecule has 152 valence electrons. The van der Waals surface area contributed by atoms with Gasteiger partial charge in [-0.3, -0.25) is 14.4 Å². The predicted octanol–water partition coefficient (Wildman–Crippen LogP) is 1.10. The number of furan rings is 1. The maximum atomic E-state index is 12.7. The van der Waals surface area contributed by atoms with Gasteiger partial charge in [0.1, 0.15) is 5.82 Å². The van der Waals surface area contributed by atoms with Gasteiger partial charge in [0, 0.05) is 26.2 Å². The van der Waals surface area contributed by atoms with Crippen LogP contribution in [-0.4, -0.2) is 60.3 Å². The molecule has 0 spiro atoms. The topological polar surface area (TPSA) is 108 Å². The number of piperazine rings is 1. The van der Waals surface area contributed by atoms with Crippen molar-refractivity contribution in [3.8, 4) is 0 Å². The van der Waals surface area contributed by atoms with Crippen molar-refractivity contribution in [2.45, 2.75) is 12.8 Å². The zero-order valence-corrected chi connectivity index (χ0v) is 16.0. The van der Waals surface area contributed by atoms with Gasteiger partial charge in [0.15, 0.2) is 5.76 Å². The van der Waals surface area contributed by atoms with Gasteiger partial charge in [-0.1, -0.05) is 0 Å². The Kier molecular flexibility index (Phi) is 5.46. The van der Waals surface area contributed by atoms with Crippen molar-refractivity contribution in [3.05, 3.63) is 42.5 Å². The highest BCUT2D eigenvalue weighted by atomic mass is 16.3. The van der Waals surface area contributed by atoms with E-state index in [0.717, 1.165) is 12.8 Å². The summed E-state index contributed by atoms with van der Waals surface area (Å²) in [6.07, 6.45) is 4.55. The Balaban J connectivity index is 1.35. The van der Waals surface area contributed by atoms with Crippen molar-refractivity contribution < 1.29 is 18.8 Å². The number of pyridine rings is 1. The molecule has 2 aliphatic rings. The molecular weight excluding hydrogens is 374 g/mol. The molecule has 3 amide bonds. The molecular formula is C20H23N5O4. The highest BCUT2D eigenvalue weighted by Gasteiger charge is 2.30. The summed E-state index contributed by atoms with van der Waals surface area (Å²) in [7, 11) is 0. The van der Waals surface area contributed by atoms with Gasteiger partial charge in [0.25, 0.3) is 5.91 Å². The quantitative estimate of drug-likeness (QED) is 0.800. The summed E-state index contributed by atoms with van der Waals surface area (Å²) < 4.78 is 5.18. The maximum Gasteiger partial charge on any atom is 0.289 e. The third-order valence-electron chi connectivity index (χ3n) is 5.19. The number of likely N-dealkylation sites (tertiary alicyclic amines) is 1. The normalized spacial score (nSPS) is 19.6. The molecule has 4 heterocycles. The fourth-order valence-corrected chi connectivity index (χ4v) is 3.66. The lowest BCUT2D eigenvalue weighted by molar-refractivity contribution is -0.121. The van der Waals surface area contributed by atoms with E-state index in [1.807, 2.05) is 4.90 Å². The number of hydrogen-bond acceptors (Lipinski definition) is 6. The van der Waals surface area contributed by atoms with Gasteiger partial charge < -0.3 is 24.9 Å². The Morgan fingerprint density at radius 1 is 1.24 bits per heavy atom. The third kappa shape index (κ3) is 4.39. The first-order chi connectivity index (χ1) is 14.1. The Morgan fingerprint density at radius 3 is 2.86 bits per heavy atom. The van der Waals surface area contributed by atoms with Gasteiger partial charge in [-0.15, -0.1) is 0 Å². The van der Waals surface area contributed by atoms with Crippen LogP contribution >= 0.6 is 0 Å². The predicted molar refractivity (Wildman–Crippen MR) is 105 cm³/mol. The Morgan fingerprint density at radius 2 is 2.14 bits per heavy atom. The van der Waals surface area contributed by atoms with Crippen molar-refractivity contribution >= 4 is 29.2 Å². The summed E-state index contributed by atoms with van der Waals surface area (Å²) >= 11 is 0. The molecule has 1 unspecified atom stereocenters. The molecule has 1 atom stereocenters. The van der Waals surface area contributed by atoms with Crippen molar-refractivity contribution in [2.24, 2.45) is 5.92 Å². The van der Waals surface area contributed by atoms with Crippen LogP contribution in [0.1, 0.15) is 23.4 Å². The van der Waals surface area contributed by atoms with Gasteiger partial charge in [0.2, 0.25) is 11.8 Å². The molecule has 2 fully saturated rings. The number of rotatable bonds is 4. The molecule has 0 aromatic carbocycles. The van der Waals surface area contributed by atoms with Crippen LogP contribution in [-0.2, 0) is 9.59 Å². The van der Waals surface area contributed by atoms with E-state index in [9.17, 15) is 14.4 Å². The molecule has 0 radical (unpaired) electrons. The van der Waals surface area contributed by atoms with Crippen molar-refractivity contribution in [1.82, 2.24) is 15.2 Å². The van der Waals surface area contributed by atoms with E-state index < -0.39 is 0 Å². The average Bonchev–Trinajstić information content (AvgIpc) is 3.29. The fourth-order valence-electron chi connectivity index (χ4n) is 3.66. The summed E-state index contributed by atoms with van der Waals surface area (Å²) in [5.74, 6) is 0.357. The van der Waals surface area contributed by atoms with E-state index in [0.29, 0.717) is 37.7 Å². The molecule has 9 nitrogen and oxygen atoms in total. The Bertz CT molecular complexity index is 881. The van der Waals surface area contributed by atoms with Crippen molar-refractivity contribution in [3.63, 3.8) is 0 Å². The van der Waals surface area contributed by atoms with Crippen LogP contribution in [0.2, 0.25) is 0 Å². The number of nitrogens with zero attached hydrogens (tertiary/aromatic N) is 3. The molecule has 2 aromatic heterocycles. The van der Waals surface area contributed by atoms with Crippen LogP contribution in [0.4, 0.5) is 11.5 Å². The lowest BCUT2D eigenvalue weighted by atomic mass is 9.97. The van der Waals surface area contributed by atoms with Crippen molar-refractivity contribution in [1.29, 1.82) is 0 Å². The number of hydrogen-bond donors (Lipinski definition) is 2. The van der Waals surface area contributed by atoms with E-state index in [2.05, 4.69) is 15.6 Å². The van der Waals surface area contributed by atoms with E-state index in [-0.39, 0.29) is 35.9 Å². The second-order valence-electron chi connectivity index (χ2n) is 7.23. The largest absolute Gasteiger partial charge is 0.459 e. The van der Waals surface area contributed by atoms with E-state index in [4.69, 9.17) is 4.42 Å². The number of carbonyl (C=O) groups excluding carboxylic acids is 3. The molecule has 2 N–H and O–H groups in total. The van der Waals surface area contributed by atoms with Crippen LogP contribution in [0.5, 0.6) is 0 Å². The molecule has 2 aromatic rings. The lowest BCUT2D eigenvalue weighted by Gasteiger charge is -2.31. The van der Waals surface area contributed by atoms with E-state index in [1.54, 1.807) is 35.4 Å². The number of amides is 3. The first kappa shape index (κ1) is 19.0. The van der Waals surface area contributed by atoms with Gasteiger partial charge in [0.05, 0.1) is 30.6 Å². The smallest absolute Gasteiger partial charge is 0.289 e. The minimum Gasteiger partial charge on any atom is -0.459 e. The molecule has 9 heteroatoms. The van der Waals surface area contributed by atoms with Crippen LogP contribution < -0.4 is 15.5 Å². The molecule has 2 saturated heterocycles. The second-order valence-corrected chi connectivity index (χ2v) is 7.23. The summed E-state index contributed by atoms with van der Waals surface area (Å²) in [6, 6.07) is 6.88. The number of nitrogens with one attached hydrogen (secondary N) is 2. The zero-order chi connectivity index (χ0) is 20.2. The average molecular weight is 397 g/mol. The highest BCUT2D eigenvalue weighted by molar-refractivity contribution is 5.95.